The van der Waals surface area contributed by atoms with Crippen molar-refractivity contribution >= 4 is 46.7 Å². The summed E-state index contributed by atoms with van der Waals surface area (Å²) in [6.45, 7) is 0.627. The molecule has 2 rings (SSSR count). The van der Waals surface area contributed by atoms with Crippen LogP contribution in [-0.4, -0.2) is 27.1 Å². The van der Waals surface area contributed by atoms with E-state index in [9.17, 15) is 9.59 Å². The third-order valence-electron chi connectivity index (χ3n) is 3.15. The fourth-order valence-electron chi connectivity index (χ4n) is 2.06. The van der Waals surface area contributed by atoms with E-state index in [-0.39, 0.29) is 6.61 Å². The molecule has 1 heterocycles. The summed E-state index contributed by atoms with van der Waals surface area (Å²) in [4.78, 5) is 25.3. The first-order chi connectivity index (χ1) is 10.4. The van der Waals surface area contributed by atoms with Crippen molar-refractivity contribution in [3.8, 4) is 0 Å². The smallest absolute Gasteiger partial charge is 0.414 e. The van der Waals surface area contributed by atoms with Gasteiger partial charge < -0.3 is 4.74 Å². The van der Waals surface area contributed by atoms with Crippen molar-refractivity contribution in [2.24, 2.45) is 0 Å². The molecule has 7 heteroatoms. The van der Waals surface area contributed by atoms with Crippen molar-refractivity contribution in [3.05, 3.63) is 47.7 Å². The van der Waals surface area contributed by atoms with Gasteiger partial charge in [-0.15, -0.1) is 0 Å². The molecule has 0 radical (unpaired) electrons. The topological polar surface area (TPSA) is 46.6 Å². The number of amides is 1. The van der Waals surface area contributed by atoms with Crippen LogP contribution in [0.3, 0.4) is 0 Å². The lowest BCUT2D eigenvalue weighted by Crippen LogP contribution is -2.33. The minimum absolute atomic E-state index is 0.164. The summed E-state index contributed by atoms with van der Waals surface area (Å²) in [5.74, 6) is -0.613. The average molecular weight is 363 g/mol. The number of hydrogen-bond acceptors (Lipinski definition) is 3. The normalized spacial score (nSPS) is 15.2. The van der Waals surface area contributed by atoms with Crippen molar-refractivity contribution in [2.75, 3.05) is 6.54 Å². The van der Waals surface area contributed by atoms with Gasteiger partial charge in [-0.1, -0.05) is 65.1 Å². The maximum absolute atomic E-state index is 12.0. The van der Waals surface area contributed by atoms with Gasteiger partial charge in [0.15, 0.2) is 0 Å². The maximum Gasteiger partial charge on any atom is 0.414 e. The second kappa shape index (κ2) is 7.36. The van der Waals surface area contributed by atoms with Gasteiger partial charge in [-0.2, -0.15) is 0 Å². The molecule has 118 valence electrons. The Morgan fingerprint density at radius 2 is 1.86 bits per heavy atom. The number of halogens is 3. The van der Waals surface area contributed by atoms with Crippen LogP contribution in [-0.2, 0) is 16.1 Å². The van der Waals surface area contributed by atoms with Gasteiger partial charge in [0.25, 0.3) is 3.79 Å². The van der Waals surface area contributed by atoms with Gasteiger partial charge in [0.1, 0.15) is 6.61 Å². The molecular formula is C15H14Cl3NO3. The van der Waals surface area contributed by atoms with Crippen LogP contribution in [0.15, 0.2) is 42.1 Å². The minimum atomic E-state index is -2.01. The molecule has 0 atom stereocenters. The molecule has 0 saturated heterocycles. The number of alkyl halides is 3. The Bertz CT molecular complexity index is 581. The summed E-state index contributed by atoms with van der Waals surface area (Å²) >= 11 is 16.8. The molecule has 0 spiro atoms. The Hall–Kier alpha value is -1.23. The lowest BCUT2D eigenvalue weighted by molar-refractivity contribution is -0.115. The van der Waals surface area contributed by atoms with E-state index in [1.54, 1.807) is 0 Å². The van der Waals surface area contributed by atoms with Crippen LogP contribution < -0.4 is 0 Å². The summed E-state index contributed by atoms with van der Waals surface area (Å²) < 4.78 is 3.20. The highest BCUT2D eigenvalue weighted by molar-refractivity contribution is 6.77. The van der Waals surface area contributed by atoms with Crippen molar-refractivity contribution in [2.45, 2.75) is 23.2 Å². The Morgan fingerprint density at radius 1 is 1.18 bits per heavy atom. The third-order valence-corrected chi connectivity index (χ3v) is 3.66. The quantitative estimate of drug-likeness (QED) is 0.755. The fourth-order valence-corrected chi connectivity index (χ4v) is 2.42. The van der Waals surface area contributed by atoms with E-state index in [4.69, 9.17) is 39.5 Å². The van der Waals surface area contributed by atoms with Crippen LogP contribution in [0.25, 0.3) is 0 Å². The van der Waals surface area contributed by atoms with Crippen molar-refractivity contribution < 1.29 is 14.3 Å². The Morgan fingerprint density at radius 3 is 2.50 bits per heavy atom. The number of ether oxygens (including phenoxy) is 1. The number of benzene rings is 1. The zero-order valence-corrected chi connectivity index (χ0v) is 13.9. The number of Topliss-reactive ketones (excluding diaryl/α,β-unsaturated/α-hetero) is 1. The zero-order valence-electron chi connectivity index (χ0n) is 11.6. The second-order valence-electron chi connectivity index (χ2n) is 4.82. The van der Waals surface area contributed by atoms with E-state index in [1.165, 1.54) is 11.1 Å². The number of carbonyl (C=O) groups excluding carboxylic acids is 2. The Balaban J connectivity index is 1.99. The van der Waals surface area contributed by atoms with E-state index in [2.05, 4.69) is 0 Å². The van der Waals surface area contributed by atoms with E-state index >= 15 is 0 Å². The second-order valence-corrected chi connectivity index (χ2v) is 7.10. The molecule has 0 unspecified atom stereocenters. The molecule has 1 amide bonds. The third kappa shape index (κ3) is 4.63. The molecular weight excluding hydrogens is 349 g/mol. The van der Waals surface area contributed by atoms with Crippen LogP contribution in [0.5, 0.6) is 0 Å². The maximum atomic E-state index is 12.0. The van der Waals surface area contributed by atoms with Gasteiger partial charge in [-0.3, -0.25) is 9.69 Å². The van der Waals surface area contributed by atoms with Gasteiger partial charge in [-0.05, 0) is 18.4 Å². The van der Waals surface area contributed by atoms with Crippen LogP contribution in [0, 0.1) is 0 Å². The van der Waals surface area contributed by atoms with Crippen molar-refractivity contribution in [1.29, 1.82) is 0 Å². The summed E-state index contributed by atoms with van der Waals surface area (Å²) in [7, 11) is 0. The van der Waals surface area contributed by atoms with E-state index in [0.29, 0.717) is 25.0 Å². The highest BCUT2D eigenvalue weighted by Gasteiger charge is 2.34. The fraction of sp³-hybridized carbons (Fsp3) is 0.333. The predicted octanol–water partition coefficient (Wildman–Crippen LogP) is 4.24. The summed E-state index contributed by atoms with van der Waals surface area (Å²) in [5.41, 5.74) is 1.19. The van der Waals surface area contributed by atoms with E-state index in [0.717, 1.165) is 5.56 Å². The largest absolute Gasteiger partial charge is 0.444 e. The first kappa shape index (κ1) is 17.1. The average Bonchev–Trinajstić information content (AvgIpc) is 2.52. The number of ketones is 1. The van der Waals surface area contributed by atoms with Gasteiger partial charge in [0, 0.05) is 18.3 Å². The monoisotopic (exact) mass is 361 g/mol. The van der Waals surface area contributed by atoms with Crippen molar-refractivity contribution in [3.63, 3.8) is 0 Å². The lowest BCUT2D eigenvalue weighted by atomic mass is 10.0. The van der Waals surface area contributed by atoms with Gasteiger partial charge in [-0.25, -0.2) is 4.79 Å². The van der Waals surface area contributed by atoms with Crippen LogP contribution >= 0.6 is 34.8 Å². The summed E-state index contributed by atoms with van der Waals surface area (Å²) in [6.07, 6.45) is 1.95. The van der Waals surface area contributed by atoms with Crippen molar-refractivity contribution in [1.82, 2.24) is 4.90 Å². The lowest BCUT2D eigenvalue weighted by Gasteiger charge is -2.25. The molecule has 1 aliphatic rings. The molecule has 1 aromatic carbocycles. The van der Waals surface area contributed by atoms with Gasteiger partial charge >= 0.3 is 6.09 Å². The highest BCUT2D eigenvalue weighted by atomic mass is 35.6. The summed E-state index contributed by atoms with van der Waals surface area (Å²) in [5, 5.41) is 0. The SMILES string of the molecule is O=C(OCc1ccccc1)N1C=C(C(=O)C(Cl)(Cl)Cl)CCC1. The number of allylic oxidation sites excluding steroid dienone is 1. The minimum Gasteiger partial charge on any atom is -0.444 e. The number of rotatable bonds is 3. The predicted molar refractivity (Wildman–Crippen MR) is 85.9 cm³/mol. The molecule has 1 aliphatic heterocycles. The van der Waals surface area contributed by atoms with Crippen LogP contribution in [0.1, 0.15) is 18.4 Å². The number of carbonyl (C=O) groups is 2. The number of hydrogen-bond donors (Lipinski definition) is 0. The van der Waals surface area contributed by atoms with E-state index < -0.39 is 15.7 Å². The van der Waals surface area contributed by atoms with Crippen LogP contribution in [0.4, 0.5) is 4.79 Å². The highest BCUT2D eigenvalue weighted by Crippen LogP contribution is 2.32. The van der Waals surface area contributed by atoms with Gasteiger partial charge in [0.05, 0.1) is 0 Å². The molecule has 0 N–H and O–H groups in total. The molecule has 4 nitrogen and oxygen atoms in total. The molecule has 0 bridgehead atoms. The zero-order chi connectivity index (χ0) is 16.2. The Labute approximate surface area is 143 Å². The molecule has 0 aliphatic carbocycles. The van der Waals surface area contributed by atoms with Gasteiger partial charge in [0.2, 0.25) is 5.78 Å². The van der Waals surface area contributed by atoms with Crippen LogP contribution in [0.2, 0.25) is 0 Å². The summed E-state index contributed by atoms with van der Waals surface area (Å²) in [6, 6.07) is 9.32. The number of nitrogens with zero attached hydrogens (tertiary/aromatic N) is 1. The standard InChI is InChI=1S/C15H14Cl3NO3/c16-15(17,18)13(20)12-7-4-8-19(9-12)14(21)22-10-11-5-2-1-3-6-11/h1-3,5-6,9H,4,7-8,10H2. The molecule has 1 aromatic rings. The first-order valence-electron chi connectivity index (χ1n) is 6.67. The Kier molecular flexibility index (Phi) is 5.73. The molecule has 0 fully saturated rings. The first-order valence-corrected chi connectivity index (χ1v) is 7.81. The molecule has 22 heavy (non-hydrogen) atoms. The molecule has 0 saturated carbocycles. The van der Waals surface area contributed by atoms with E-state index in [1.807, 2.05) is 30.3 Å². The molecule has 0 aromatic heterocycles.